The third kappa shape index (κ3) is 3.59. The Balaban J connectivity index is 2.19. The van der Waals surface area contributed by atoms with Crippen molar-refractivity contribution in [3.8, 4) is 0 Å². The molecular formula is C13H20BrN5O. The van der Waals surface area contributed by atoms with Crippen molar-refractivity contribution in [2.45, 2.75) is 19.8 Å². The number of hydrogen-bond acceptors (Lipinski definition) is 5. The molecule has 0 bridgehead atoms. The third-order valence-electron chi connectivity index (χ3n) is 3.23. The molecule has 0 atom stereocenters. The smallest absolute Gasteiger partial charge is 0.241 e. The molecule has 2 heterocycles. The molecule has 0 spiro atoms. The van der Waals surface area contributed by atoms with E-state index in [9.17, 15) is 4.79 Å². The van der Waals surface area contributed by atoms with Gasteiger partial charge >= 0.3 is 0 Å². The van der Waals surface area contributed by atoms with E-state index in [1.54, 1.807) is 11.1 Å². The van der Waals surface area contributed by atoms with Crippen LogP contribution >= 0.6 is 15.9 Å². The van der Waals surface area contributed by atoms with E-state index in [0.29, 0.717) is 12.5 Å². The monoisotopic (exact) mass is 341 g/mol. The van der Waals surface area contributed by atoms with Gasteiger partial charge in [-0.3, -0.25) is 4.79 Å². The number of aromatic nitrogens is 2. The first-order valence-electron chi connectivity index (χ1n) is 6.87. The molecule has 110 valence electrons. The maximum absolute atomic E-state index is 12.0. The van der Waals surface area contributed by atoms with Crippen LogP contribution in [0.15, 0.2) is 10.7 Å². The van der Waals surface area contributed by atoms with E-state index in [4.69, 9.17) is 0 Å². The van der Waals surface area contributed by atoms with E-state index < -0.39 is 0 Å². The SMILES string of the molecule is CCCNc1ncc(Br)c(N2CCCN(C)C(=O)C2)n1. The molecule has 0 radical (unpaired) electrons. The molecular weight excluding hydrogens is 322 g/mol. The minimum atomic E-state index is 0.121. The highest BCUT2D eigenvalue weighted by Crippen LogP contribution is 2.25. The number of anilines is 2. The summed E-state index contributed by atoms with van der Waals surface area (Å²) >= 11 is 3.48. The maximum Gasteiger partial charge on any atom is 0.241 e. The van der Waals surface area contributed by atoms with Crippen LogP contribution in [0.4, 0.5) is 11.8 Å². The van der Waals surface area contributed by atoms with Crippen LogP contribution in [0.3, 0.4) is 0 Å². The maximum atomic E-state index is 12.0. The van der Waals surface area contributed by atoms with Crippen molar-refractivity contribution in [1.29, 1.82) is 0 Å². The quantitative estimate of drug-likeness (QED) is 0.903. The zero-order valence-electron chi connectivity index (χ0n) is 11.9. The highest BCUT2D eigenvalue weighted by atomic mass is 79.9. The minimum absolute atomic E-state index is 0.121. The number of nitrogens with one attached hydrogen (secondary N) is 1. The van der Waals surface area contributed by atoms with Crippen molar-refractivity contribution >= 4 is 33.6 Å². The first-order valence-corrected chi connectivity index (χ1v) is 7.66. The molecule has 7 heteroatoms. The van der Waals surface area contributed by atoms with Gasteiger partial charge in [0.2, 0.25) is 11.9 Å². The van der Waals surface area contributed by atoms with Crippen molar-refractivity contribution < 1.29 is 4.79 Å². The van der Waals surface area contributed by atoms with E-state index in [1.807, 2.05) is 11.9 Å². The molecule has 1 aliphatic heterocycles. The summed E-state index contributed by atoms with van der Waals surface area (Å²) in [5.41, 5.74) is 0. The number of halogens is 1. The summed E-state index contributed by atoms with van der Waals surface area (Å²) in [5, 5.41) is 3.17. The summed E-state index contributed by atoms with van der Waals surface area (Å²) in [6.45, 7) is 4.90. The summed E-state index contributed by atoms with van der Waals surface area (Å²) in [7, 11) is 1.84. The molecule has 2 rings (SSSR count). The second kappa shape index (κ2) is 6.88. The van der Waals surface area contributed by atoms with E-state index >= 15 is 0 Å². The highest BCUT2D eigenvalue weighted by Gasteiger charge is 2.22. The predicted molar refractivity (Wildman–Crippen MR) is 83.0 cm³/mol. The lowest BCUT2D eigenvalue weighted by Gasteiger charge is -2.22. The summed E-state index contributed by atoms with van der Waals surface area (Å²) in [5.74, 6) is 1.51. The van der Waals surface area contributed by atoms with E-state index in [1.165, 1.54) is 0 Å². The lowest BCUT2D eigenvalue weighted by atomic mass is 10.4. The summed E-state index contributed by atoms with van der Waals surface area (Å²) < 4.78 is 0.817. The number of carbonyl (C=O) groups excluding carboxylic acids is 1. The standard InChI is InChI=1S/C13H20BrN5O/c1-3-5-15-13-16-8-10(14)12(17-13)19-7-4-6-18(2)11(20)9-19/h8H,3-7,9H2,1-2H3,(H,15,16,17). The molecule has 20 heavy (non-hydrogen) atoms. The van der Waals surface area contributed by atoms with Gasteiger partial charge in [0, 0.05) is 32.9 Å². The average Bonchev–Trinajstić information content (AvgIpc) is 2.60. The fourth-order valence-electron chi connectivity index (χ4n) is 2.07. The topological polar surface area (TPSA) is 61.4 Å². The first kappa shape index (κ1) is 15.0. The Hall–Kier alpha value is -1.37. The van der Waals surface area contributed by atoms with Crippen LogP contribution in [0.1, 0.15) is 19.8 Å². The second-order valence-corrected chi connectivity index (χ2v) is 5.74. The summed E-state index contributed by atoms with van der Waals surface area (Å²) in [6, 6.07) is 0. The zero-order chi connectivity index (χ0) is 14.5. The molecule has 0 aromatic carbocycles. The number of carbonyl (C=O) groups is 1. The predicted octanol–water partition coefficient (Wildman–Crippen LogP) is 1.73. The minimum Gasteiger partial charge on any atom is -0.354 e. The third-order valence-corrected chi connectivity index (χ3v) is 3.79. The van der Waals surface area contributed by atoms with Gasteiger partial charge in [-0.25, -0.2) is 4.98 Å². The average molecular weight is 342 g/mol. The molecule has 0 aliphatic carbocycles. The van der Waals surface area contributed by atoms with Gasteiger partial charge in [-0.1, -0.05) is 6.92 Å². The number of rotatable bonds is 4. The van der Waals surface area contributed by atoms with Gasteiger partial charge < -0.3 is 15.1 Å². The molecule has 1 aromatic rings. The van der Waals surface area contributed by atoms with E-state index in [2.05, 4.69) is 38.1 Å². The van der Waals surface area contributed by atoms with Crippen molar-refractivity contribution in [1.82, 2.24) is 14.9 Å². The summed E-state index contributed by atoms with van der Waals surface area (Å²) in [4.78, 5) is 24.5. The Labute approximate surface area is 127 Å². The number of likely N-dealkylation sites (N-methyl/N-ethyl adjacent to an activating group) is 1. The van der Waals surface area contributed by atoms with Crippen molar-refractivity contribution in [3.05, 3.63) is 10.7 Å². The van der Waals surface area contributed by atoms with E-state index in [-0.39, 0.29) is 5.91 Å². The first-order chi connectivity index (χ1) is 9.61. The molecule has 1 aliphatic rings. The Morgan fingerprint density at radius 1 is 1.45 bits per heavy atom. The number of nitrogens with zero attached hydrogens (tertiary/aromatic N) is 4. The van der Waals surface area contributed by atoms with Crippen molar-refractivity contribution in [3.63, 3.8) is 0 Å². The molecule has 6 nitrogen and oxygen atoms in total. The van der Waals surface area contributed by atoms with Crippen LogP contribution in [0.25, 0.3) is 0 Å². The lowest BCUT2D eigenvalue weighted by Crippen LogP contribution is -2.35. The van der Waals surface area contributed by atoms with Crippen molar-refractivity contribution in [2.75, 3.05) is 43.4 Å². The molecule has 1 N–H and O–H groups in total. The van der Waals surface area contributed by atoms with Gasteiger partial charge in [0.25, 0.3) is 0 Å². The Morgan fingerprint density at radius 2 is 2.25 bits per heavy atom. The Morgan fingerprint density at radius 3 is 3.00 bits per heavy atom. The largest absolute Gasteiger partial charge is 0.354 e. The van der Waals surface area contributed by atoms with Crippen LogP contribution in [0.5, 0.6) is 0 Å². The zero-order valence-corrected chi connectivity index (χ0v) is 13.5. The van der Waals surface area contributed by atoms with Gasteiger partial charge in [0.15, 0.2) is 0 Å². The lowest BCUT2D eigenvalue weighted by molar-refractivity contribution is -0.127. The van der Waals surface area contributed by atoms with Gasteiger partial charge in [-0.15, -0.1) is 0 Å². The Kier molecular flexibility index (Phi) is 5.17. The fourth-order valence-corrected chi connectivity index (χ4v) is 2.51. The van der Waals surface area contributed by atoms with Gasteiger partial charge in [-0.05, 0) is 28.8 Å². The van der Waals surface area contributed by atoms with Gasteiger partial charge in [0.1, 0.15) is 5.82 Å². The van der Waals surface area contributed by atoms with Crippen LogP contribution in [-0.4, -0.2) is 54.0 Å². The number of hydrogen-bond donors (Lipinski definition) is 1. The van der Waals surface area contributed by atoms with Crippen LogP contribution < -0.4 is 10.2 Å². The van der Waals surface area contributed by atoms with Crippen LogP contribution in [0.2, 0.25) is 0 Å². The molecule has 1 saturated heterocycles. The highest BCUT2D eigenvalue weighted by molar-refractivity contribution is 9.10. The molecule has 1 amide bonds. The van der Waals surface area contributed by atoms with Crippen molar-refractivity contribution in [2.24, 2.45) is 0 Å². The molecule has 0 saturated carbocycles. The Bertz CT molecular complexity index is 482. The second-order valence-electron chi connectivity index (χ2n) is 4.88. The van der Waals surface area contributed by atoms with Gasteiger partial charge in [-0.2, -0.15) is 4.98 Å². The normalized spacial score (nSPS) is 16.2. The molecule has 0 unspecified atom stereocenters. The van der Waals surface area contributed by atoms with E-state index in [0.717, 1.165) is 42.8 Å². The van der Waals surface area contributed by atoms with Crippen LogP contribution in [-0.2, 0) is 4.79 Å². The van der Waals surface area contributed by atoms with Crippen LogP contribution in [0, 0.1) is 0 Å². The summed E-state index contributed by atoms with van der Waals surface area (Å²) in [6.07, 6.45) is 3.69. The van der Waals surface area contributed by atoms with Gasteiger partial charge in [0.05, 0.1) is 11.0 Å². The molecule has 1 aromatic heterocycles. The number of amides is 1. The fraction of sp³-hybridized carbons (Fsp3) is 0.615. The molecule has 1 fully saturated rings.